The van der Waals surface area contributed by atoms with E-state index in [2.05, 4.69) is 22.6 Å². The molecule has 2 nitrogen and oxygen atoms in total. The molecular formula is C14H16ClFN2S. The van der Waals surface area contributed by atoms with Gasteiger partial charge in [-0.2, -0.15) is 0 Å². The molecule has 0 saturated heterocycles. The summed E-state index contributed by atoms with van der Waals surface area (Å²) in [5, 5.41) is 6.96. The van der Waals surface area contributed by atoms with Crippen molar-refractivity contribution in [3.63, 3.8) is 0 Å². The Balaban J connectivity index is 2.21. The fourth-order valence-electron chi connectivity index (χ4n) is 1.98. The van der Waals surface area contributed by atoms with Gasteiger partial charge in [0.25, 0.3) is 0 Å². The minimum absolute atomic E-state index is 0.109. The van der Waals surface area contributed by atoms with Crippen molar-refractivity contribution in [1.29, 1.82) is 0 Å². The van der Waals surface area contributed by atoms with E-state index in [9.17, 15) is 4.39 Å². The SMILES string of the molecule is CCNC(Cc1ccc(F)cc1Cl)c1csc(C)n1. The van der Waals surface area contributed by atoms with Gasteiger partial charge in [0.2, 0.25) is 0 Å². The van der Waals surface area contributed by atoms with Crippen LogP contribution in [0.5, 0.6) is 0 Å². The Morgan fingerprint density at radius 2 is 2.26 bits per heavy atom. The molecule has 1 aromatic carbocycles. The molecule has 0 fully saturated rings. The molecule has 1 heterocycles. The summed E-state index contributed by atoms with van der Waals surface area (Å²) in [6.45, 7) is 4.89. The number of benzene rings is 1. The summed E-state index contributed by atoms with van der Waals surface area (Å²) in [6, 6.07) is 4.64. The van der Waals surface area contributed by atoms with E-state index in [4.69, 9.17) is 11.6 Å². The third kappa shape index (κ3) is 3.75. The van der Waals surface area contributed by atoms with Crippen LogP contribution in [0.4, 0.5) is 4.39 Å². The highest BCUT2D eigenvalue weighted by Crippen LogP contribution is 2.25. The first-order valence-corrected chi connectivity index (χ1v) is 7.45. The topological polar surface area (TPSA) is 24.9 Å². The molecule has 2 aromatic rings. The lowest BCUT2D eigenvalue weighted by Gasteiger charge is -2.16. The van der Waals surface area contributed by atoms with Crippen LogP contribution in [-0.4, -0.2) is 11.5 Å². The number of nitrogens with one attached hydrogen (secondary N) is 1. The number of halogens is 2. The smallest absolute Gasteiger partial charge is 0.124 e. The van der Waals surface area contributed by atoms with Crippen molar-refractivity contribution in [3.05, 3.63) is 50.7 Å². The molecule has 1 unspecified atom stereocenters. The lowest BCUT2D eigenvalue weighted by atomic mass is 10.0. The van der Waals surface area contributed by atoms with Crippen LogP contribution < -0.4 is 5.32 Å². The molecule has 19 heavy (non-hydrogen) atoms. The minimum Gasteiger partial charge on any atom is -0.309 e. The Hall–Kier alpha value is -0.970. The van der Waals surface area contributed by atoms with E-state index in [-0.39, 0.29) is 11.9 Å². The van der Waals surface area contributed by atoms with Crippen LogP contribution in [0.15, 0.2) is 23.6 Å². The van der Waals surface area contributed by atoms with Crippen LogP contribution >= 0.6 is 22.9 Å². The second-order valence-electron chi connectivity index (χ2n) is 4.34. The quantitative estimate of drug-likeness (QED) is 0.897. The molecule has 0 spiro atoms. The number of hydrogen-bond acceptors (Lipinski definition) is 3. The zero-order valence-electron chi connectivity index (χ0n) is 10.9. The molecule has 0 bridgehead atoms. The van der Waals surface area contributed by atoms with Gasteiger partial charge >= 0.3 is 0 Å². The first-order valence-electron chi connectivity index (χ1n) is 6.19. The molecular weight excluding hydrogens is 283 g/mol. The van der Waals surface area contributed by atoms with Gasteiger partial charge in [-0.25, -0.2) is 9.37 Å². The second kappa shape index (κ2) is 6.46. The second-order valence-corrected chi connectivity index (χ2v) is 5.81. The first-order chi connectivity index (χ1) is 9.10. The fraction of sp³-hybridized carbons (Fsp3) is 0.357. The molecule has 0 aliphatic rings. The van der Waals surface area contributed by atoms with Crippen molar-refractivity contribution in [3.8, 4) is 0 Å². The van der Waals surface area contributed by atoms with E-state index in [1.165, 1.54) is 12.1 Å². The van der Waals surface area contributed by atoms with E-state index in [1.807, 2.05) is 6.92 Å². The van der Waals surface area contributed by atoms with Gasteiger partial charge in [0.15, 0.2) is 0 Å². The molecule has 0 radical (unpaired) electrons. The summed E-state index contributed by atoms with van der Waals surface area (Å²) in [6.07, 6.45) is 0.704. The van der Waals surface area contributed by atoms with Crippen LogP contribution in [0.2, 0.25) is 5.02 Å². The van der Waals surface area contributed by atoms with Crippen LogP contribution in [0.1, 0.15) is 29.2 Å². The molecule has 2 rings (SSSR count). The summed E-state index contributed by atoms with van der Waals surface area (Å²) in [7, 11) is 0. The van der Waals surface area contributed by atoms with E-state index in [0.717, 1.165) is 22.8 Å². The van der Waals surface area contributed by atoms with Crippen molar-refractivity contribution < 1.29 is 4.39 Å². The highest BCUT2D eigenvalue weighted by molar-refractivity contribution is 7.09. The van der Waals surface area contributed by atoms with Crippen molar-refractivity contribution in [2.24, 2.45) is 0 Å². The van der Waals surface area contributed by atoms with Gasteiger partial charge in [-0.15, -0.1) is 11.3 Å². The third-order valence-electron chi connectivity index (χ3n) is 2.88. The van der Waals surface area contributed by atoms with Crippen LogP contribution in [0.25, 0.3) is 0 Å². The number of aryl methyl sites for hydroxylation is 1. The largest absolute Gasteiger partial charge is 0.309 e. The Morgan fingerprint density at radius 1 is 1.47 bits per heavy atom. The van der Waals surface area contributed by atoms with Crippen molar-refractivity contribution >= 4 is 22.9 Å². The first kappa shape index (κ1) is 14.4. The number of thiazole rings is 1. The minimum atomic E-state index is -0.307. The van der Waals surface area contributed by atoms with Crippen molar-refractivity contribution in [2.45, 2.75) is 26.3 Å². The van der Waals surface area contributed by atoms with Gasteiger partial charge in [0.05, 0.1) is 16.7 Å². The van der Waals surface area contributed by atoms with Crippen LogP contribution in [0, 0.1) is 12.7 Å². The van der Waals surface area contributed by atoms with Gasteiger partial charge in [0, 0.05) is 10.4 Å². The molecule has 1 N–H and O–H groups in total. The summed E-state index contributed by atoms with van der Waals surface area (Å²) < 4.78 is 13.0. The monoisotopic (exact) mass is 298 g/mol. The predicted molar refractivity (Wildman–Crippen MR) is 78.4 cm³/mol. The Labute approximate surface area is 121 Å². The Bertz CT molecular complexity index is 556. The average molecular weight is 299 g/mol. The molecule has 1 aromatic heterocycles. The zero-order valence-corrected chi connectivity index (χ0v) is 12.5. The summed E-state index contributed by atoms with van der Waals surface area (Å²) in [5.41, 5.74) is 1.95. The van der Waals surface area contributed by atoms with Gasteiger partial charge in [-0.1, -0.05) is 24.6 Å². The number of hydrogen-bond donors (Lipinski definition) is 1. The molecule has 102 valence electrons. The Morgan fingerprint density at radius 3 is 2.84 bits per heavy atom. The molecule has 0 saturated carbocycles. The third-order valence-corrected chi connectivity index (χ3v) is 4.03. The molecule has 0 aliphatic heterocycles. The van der Waals surface area contributed by atoms with E-state index < -0.39 is 0 Å². The normalized spacial score (nSPS) is 12.6. The summed E-state index contributed by atoms with van der Waals surface area (Å²) >= 11 is 7.71. The van der Waals surface area contributed by atoms with Gasteiger partial charge in [0.1, 0.15) is 5.82 Å². The maximum Gasteiger partial charge on any atom is 0.124 e. The maximum absolute atomic E-state index is 13.0. The van der Waals surface area contributed by atoms with E-state index in [1.54, 1.807) is 17.4 Å². The maximum atomic E-state index is 13.0. The number of nitrogens with zero attached hydrogens (tertiary/aromatic N) is 1. The van der Waals surface area contributed by atoms with Gasteiger partial charge in [-0.3, -0.25) is 0 Å². The van der Waals surface area contributed by atoms with Gasteiger partial charge < -0.3 is 5.32 Å². The highest BCUT2D eigenvalue weighted by Gasteiger charge is 2.15. The van der Waals surface area contributed by atoms with E-state index >= 15 is 0 Å². The lowest BCUT2D eigenvalue weighted by Crippen LogP contribution is -2.23. The Kier molecular flexibility index (Phi) is 4.91. The predicted octanol–water partition coefficient (Wildman–Crippen LogP) is 4.14. The molecule has 0 amide bonds. The molecule has 5 heteroatoms. The average Bonchev–Trinajstić information content (AvgIpc) is 2.78. The number of aromatic nitrogens is 1. The lowest BCUT2D eigenvalue weighted by molar-refractivity contribution is 0.538. The number of likely N-dealkylation sites (N-methyl/N-ethyl adjacent to an activating group) is 1. The highest BCUT2D eigenvalue weighted by atomic mass is 35.5. The van der Waals surface area contributed by atoms with E-state index in [0.29, 0.717) is 11.4 Å². The van der Waals surface area contributed by atoms with Crippen molar-refractivity contribution in [2.75, 3.05) is 6.54 Å². The molecule has 0 aliphatic carbocycles. The molecule has 1 atom stereocenters. The zero-order chi connectivity index (χ0) is 13.8. The number of rotatable bonds is 5. The fourth-order valence-corrected chi connectivity index (χ4v) is 2.89. The van der Waals surface area contributed by atoms with Crippen LogP contribution in [-0.2, 0) is 6.42 Å². The van der Waals surface area contributed by atoms with Gasteiger partial charge in [-0.05, 0) is 37.6 Å². The van der Waals surface area contributed by atoms with Crippen molar-refractivity contribution in [1.82, 2.24) is 10.3 Å². The summed E-state index contributed by atoms with van der Waals surface area (Å²) in [5.74, 6) is -0.307. The standard InChI is InChI=1S/C14H16ClFN2S/c1-3-17-13(14-8-19-9(2)18-14)6-10-4-5-11(16)7-12(10)15/h4-5,7-8,13,17H,3,6H2,1-2H3. The summed E-state index contributed by atoms with van der Waals surface area (Å²) in [4.78, 5) is 4.51. The van der Waals surface area contributed by atoms with Crippen LogP contribution in [0.3, 0.4) is 0 Å².